The van der Waals surface area contributed by atoms with E-state index in [1.165, 1.54) is 21.2 Å². The van der Waals surface area contributed by atoms with Crippen molar-refractivity contribution in [1.29, 1.82) is 0 Å². The topological polar surface area (TPSA) is 28.1 Å². The highest BCUT2D eigenvalue weighted by Gasteiger charge is 2.37. The predicted octanol–water partition coefficient (Wildman–Crippen LogP) is 2.13. The molecule has 0 aromatic carbocycles. The summed E-state index contributed by atoms with van der Waals surface area (Å²) in [7, 11) is 0. The Morgan fingerprint density at radius 1 is 1.47 bits per heavy atom. The molecule has 0 aromatic rings. The Morgan fingerprint density at radius 2 is 2.20 bits per heavy atom. The van der Waals surface area contributed by atoms with Gasteiger partial charge in [0.05, 0.1) is 0 Å². The number of rotatable bonds is 1. The van der Waals surface area contributed by atoms with Crippen LogP contribution in [0.25, 0.3) is 0 Å². The van der Waals surface area contributed by atoms with Crippen molar-refractivity contribution in [1.82, 2.24) is 9.04 Å². The molecule has 0 N–H and O–H groups in total. The van der Waals surface area contributed by atoms with Crippen molar-refractivity contribution in [2.24, 2.45) is 4.99 Å². The van der Waals surface area contributed by atoms with Crippen LogP contribution in [-0.4, -0.2) is 27.9 Å². The van der Waals surface area contributed by atoms with E-state index >= 15 is 0 Å². The first-order valence-electron chi connectivity index (χ1n) is 3.89. The Bertz CT molecular complexity index is 363. The Hall–Kier alpha value is -1.02. The number of fused-ring (bicyclic) bond motifs is 1. The number of ether oxygens (including phenoxy) is 1. The van der Waals surface area contributed by atoms with Gasteiger partial charge >= 0.3 is 6.36 Å². The quantitative estimate of drug-likeness (QED) is 0.690. The van der Waals surface area contributed by atoms with Gasteiger partial charge in [-0.3, -0.25) is 0 Å². The van der Waals surface area contributed by atoms with Crippen molar-refractivity contribution < 1.29 is 17.9 Å². The monoisotopic (exact) mass is 283 g/mol. The zero-order valence-corrected chi connectivity index (χ0v) is 8.79. The molecule has 0 atom stereocenters. The summed E-state index contributed by atoms with van der Waals surface area (Å²) in [5, 5.41) is 1.42. The summed E-state index contributed by atoms with van der Waals surface area (Å²) in [5.41, 5.74) is 0. The van der Waals surface area contributed by atoms with Crippen LogP contribution in [0.4, 0.5) is 13.2 Å². The second-order valence-corrected chi connectivity index (χ2v) is 3.54. The van der Waals surface area contributed by atoms with Crippen molar-refractivity contribution in [3.8, 4) is 0 Å². The highest BCUT2D eigenvalue weighted by atomic mass is 79.9. The second-order valence-electron chi connectivity index (χ2n) is 2.72. The molecule has 0 aromatic heterocycles. The highest BCUT2D eigenvalue weighted by Crippen LogP contribution is 2.27. The fourth-order valence-electron chi connectivity index (χ4n) is 1.19. The highest BCUT2D eigenvalue weighted by molar-refractivity contribution is 9.07. The van der Waals surface area contributed by atoms with Gasteiger partial charge in [0, 0.05) is 22.3 Å². The molecule has 2 aliphatic heterocycles. The molecule has 0 unspecified atom stereocenters. The Kier molecular flexibility index (Phi) is 2.47. The molecular formula is C7H5BrF3N3O. The van der Waals surface area contributed by atoms with E-state index in [0.717, 1.165) is 0 Å². The van der Waals surface area contributed by atoms with Crippen LogP contribution in [-0.2, 0) is 4.74 Å². The van der Waals surface area contributed by atoms with E-state index < -0.39 is 6.36 Å². The minimum atomic E-state index is -4.70. The lowest BCUT2D eigenvalue weighted by molar-refractivity contribution is -0.302. The first kappa shape index (κ1) is 10.5. The van der Waals surface area contributed by atoms with Crippen molar-refractivity contribution in [2.75, 3.05) is 6.67 Å². The molecule has 15 heavy (non-hydrogen) atoms. The lowest BCUT2D eigenvalue weighted by Gasteiger charge is -2.24. The van der Waals surface area contributed by atoms with Crippen LogP contribution in [0, 0.1) is 0 Å². The van der Waals surface area contributed by atoms with E-state index in [9.17, 15) is 13.2 Å². The molecule has 0 bridgehead atoms. The van der Waals surface area contributed by atoms with Crippen LogP contribution in [0.2, 0.25) is 0 Å². The van der Waals surface area contributed by atoms with E-state index in [-0.39, 0.29) is 18.3 Å². The van der Waals surface area contributed by atoms with Crippen LogP contribution in [0.3, 0.4) is 0 Å². The van der Waals surface area contributed by atoms with Crippen LogP contribution < -0.4 is 0 Å². The van der Waals surface area contributed by atoms with Gasteiger partial charge in [0.15, 0.2) is 11.6 Å². The summed E-state index contributed by atoms with van der Waals surface area (Å²) in [6, 6.07) is 0. The molecule has 0 spiro atoms. The number of allylic oxidation sites excluding steroid dienone is 2. The third kappa shape index (κ3) is 2.15. The van der Waals surface area contributed by atoms with Gasteiger partial charge in [0.2, 0.25) is 0 Å². The summed E-state index contributed by atoms with van der Waals surface area (Å²) < 4.78 is 41.3. The Morgan fingerprint density at radius 3 is 2.87 bits per heavy atom. The number of aliphatic imine (C=N–C) groups is 1. The van der Waals surface area contributed by atoms with Crippen molar-refractivity contribution in [2.45, 2.75) is 6.36 Å². The first-order chi connectivity index (χ1) is 6.97. The number of hydrazine groups is 1. The van der Waals surface area contributed by atoms with E-state index in [2.05, 4.69) is 25.9 Å². The molecule has 2 heterocycles. The molecule has 0 aliphatic carbocycles. The average Bonchev–Trinajstić information content (AvgIpc) is 2.47. The fourth-order valence-corrected chi connectivity index (χ4v) is 1.56. The maximum atomic E-state index is 12.0. The third-order valence-corrected chi connectivity index (χ3v) is 2.27. The third-order valence-electron chi connectivity index (χ3n) is 1.71. The van der Waals surface area contributed by atoms with E-state index in [1.807, 2.05) is 0 Å². The number of alkyl halides is 3. The molecule has 0 saturated carbocycles. The van der Waals surface area contributed by atoms with Gasteiger partial charge in [-0.15, -0.1) is 17.2 Å². The van der Waals surface area contributed by atoms with Crippen LogP contribution in [0.15, 0.2) is 29.1 Å². The largest absolute Gasteiger partial charge is 0.573 e. The molecule has 2 aliphatic rings. The second kappa shape index (κ2) is 3.53. The van der Waals surface area contributed by atoms with E-state index in [0.29, 0.717) is 0 Å². The summed E-state index contributed by atoms with van der Waals surface area (Å²) in [6.45, 7) is 0.234. The molecule has 4 nitrogen and oxygen atoms in total. The number of halogens is 4. The molecule has 0 amide bonds. The molecule has 0 fully saturated rings. The van der Waals surface area contributed by atoms with Crippen LogP contribution in [0.1, 0.15) is 0 Å². The van der Waals surface area contributed by atoms with Gasteiger partial charge in [-0.2, -0.15) is 0 Å². The van der Waals surface area contributed by atoms with Crippen LogP contribution in [0.5, 0.6) is 0 Å². The Labute approximate surface area is 91.6 Å². The average molecular weight is 284 g/mol. The Balaban J connectivity index is 2.20. The molecule has 0 saturated heterocycles. The zero-order valence-electron chi connectivity index (χ0n) is 7.20. The summed E-state index contributed by atoms with van der Waals surface area (Å²) in [4.78, 5) is 3.88. The lowest BCUT2D eigenvalue weighted by atomic mass is 10.3. The van der Waals surface area contributed by atoms with Gasteiger partial charge in [-0.1, -0.05) is 0 Å². The SMILES string of the molecule is FC(F)(F)OC1=CC=CN2C1=NCN2Br. The molecule has 8 heteroatoms. The number of hydrogen-bond acceptors (Lipinski definition) is 4. The summed E-state index contributed by atoms with van der Waals surface area (Å²) in [6.07, 6.45) is -0.469. The standard InChI is InChI=1S/C7H5BrF3N3O/c8-14-4-12-6-5(15-7(9,10)11)2-1-3-13(6)14/h1-3H,4H2. The fraction of sp³-hybridized carbons (Fsp3) is 0.286. The van der Waals surface area contributed by atoms with Crippen molar-refractivity contribution in [3.05, 3.63) is 24.1 Å². The van der Waals surface area contributed by atoms with Gasteiger partial charge in [-0.05, 0) is 12.2 Å². The van der Waals surface area contributed by atoms with Gasteiger partial charge in [0.25, 0.3) is 0 Å². The van der Waals surface area contributed by atoms with Gasteiger partial charge in [-0.25, -0.2) is 10.0 Å². The van der Waals surface area contributed by atoms with Gasteiger partial charge in [0.1, 0.15) is 6.67 Å². The predicted molar refractivity (Wildman–Crippen MR) is 49.3 cm³/mol. The zero-order chi connectivity index (χ0) is 11.1. The molecular weight excluding hydrogens is 279 g/mol. The maximum Gasteiger partial charge on any atom is 0.573 e. The minimum absolute atomic E-state index is 0.131. The first-order valence-corrected chi connectivity index (χ1v) is 4.60. The van der Waals surface area contributed by atoms with Crippen molar-refractivity contribution >= 4 is 22.0 Å². The summed E-state index contributed by atoms with van der Waals surface area (Å²) >= 11 is 3.12. The molecule has 82 valence electrons. The smallest absolute Gasteiger partial charge is 0.402 e. The van der Waals surface area contributed by atoms with E-state index in [4.69, 9.17) is 0 Å². The number of hydrogen-bond donors (Lipinski definition) is 0. The van der Waals surface area contributed by atoms with E-state index in [1.54, 1.807) is 6.20 Å². The van der Waals surface area contributed by atoms with Gasteiger partial charge < -0.3 is 4.74 Å². The van der Waals surface area contributed by atoms with Crippen LogP contribution >= 0.6 is 16.1 Å². The number of nitrogens with zero attached hydrogens (tertiary/aromatic N) is 3. The summed E-state index contributed by atoms with van der Waals surface area (Å²) in [5.74, 6) is -0.182. The number of amidine groups is 1. The minimum Gasteiger partial charge on any atom is -0.402 e. The lowest BCUT2D eigenvalue weighted by Crippen LogP contribution is -2.34. The van der Waals surface area contributed by atoms with Crippen molar-refractivity contribution in [3.63, 3.8) is 0 Å². The maximum absolute atomic E-state index is 12.0. The molecule has 2 rings (SSSR count). The normalized spacial score (nSPS) is 21.2. The molecule has 0 radical (unpaired) electrons.